The first-order valence-corrected chi connectivity index (χ1v) is 9.03. The number of ketones is 1. The van der Waals surface area contributed by atoms with Gasteiger partial charge in [0.15, 0.2) is 6.61 Å². The highest BCUT2D eigenvalue weighted by Gasteiger charge is 2.28. The van der Waals surface area contributed by atoms with Crippen LogP contribution in [-0.4, -0.2) is 34.4 Å². The summed E-state index contributed by atoms with van der Waals surface area (Å²) in [6, 6.07) is 5.54. The molecule has 6 nitrogen and oxygen atoms in total. The first-order chi connectivity index (χ1) is 13.6. The Kier molecular flexibility index (Phi) is 7.30. The molecule has 0 radical (unpaired) electrons. The molecule has 0 saturated carbocycles. The summed E-state index contributed by atoms with van der Waals surface area (Å²) in [6.45, 7) is 3.80. The molecule has 0 spiro atoms. The molecule has 9 heteroatoms. The second-order valence-corrected chi connectivity index (χ2v) is 6.58. The van der Waals surface area contributed by atoms with E-state index in [1.165, 1.54) is 18.3 Å². The normalized spacial score (nSPS) is 12.3. The number of nitrogens with zero attached hydrogens (tertiary/aromatic N) is 2. The van der Waals surface area contributed by atoms with Gasteiger partial charge in [0.05, 0.1) is 17.9 Å². The number of nitrogens with one attached hydrogen (secondary N) is 1. The van der Waals surface area contributed by atoms with Crippen molar-refractivity contribution >= 4 is 11.7 Å². The van der Waals surface area contributed by atoms with Gasteiger partial charge >= 0.3 is 6.18 Å². The van der Waals surface area contributed by atoms with E-state index in [1.54, 1.807) is 32.9 Å². The van der Waals surface area contributed by atoms with Crippen LogP contribution in [0.4, 0.5) is 13.2 Å². The van der Waals surface area contributed by atoms with Crippen LogP contribution in [0.1, 0.15) is 53.7 Å². The smallest absolute Gasteiger partial charge is 0.422 e. The van der Waals surface area contributed by atoms with Crippen LogP contribution >= 0.6 is 0 Å². The maximum atomic E-state index is 12.6. The molecule has 0 aliphatic rings. The molecule has 29 heavy (non-hydrogen) atoms. The third-order valence-electron chi connectivity index (χ3n) is 3.99. The second-order valence-electron chi connectivity index (χ2n) is 6.58. The summed E-state index contributed by atoms with van der Waals surface area (Å²) in [6.07, 6.45) is -2.70. The van der Waals surface area contributed by atoms with E-state index in [0.29, 0.717) is 29.1 Å². The number of aryl methyl sites for hydroxylation is 1. The fraction of sp³-hybridized carbons (Fsp3) is 0.400. The number of Topliss-reactive ketones (excluding diaryl/α,β-unsaturated/α-hetero) is 1. The summed E-state index contributed by atoms with van der Waals surface area (Å²) in [5.74, 6) is -0.355. The third-order valence-corrected chi connectivity index (χ3v) is 3.99. The van der Waals surface area contributed by atoms with Gasteiger partial charge in [-0.25, -0.2) is 0 Å². The van der Waals surface area contributed by atoms with Crippen molar-refractivity contribution in [3.8, 4) is 5.75 Å². The van der Waals surface area contributed by atoms with Gasteiger partial charge in [0.1, 0.15) is 11.5 Å². The summed E-state index contributed by atoms with van der Waals surface area (Å²) in [4.78, 5) is 32.5. The SMILES string of the molecule is CCC(=O)Cc1cc(C(=O)N[C@H](C)c2ccc(OCC(F)(F)F)cn2)cc(C)n1. The standard InChI is InChI=1S/C20H22F3N3O3/c1-4-16(27)9-15-8-14(7-12(2)25-15)19(28)26-13(3)18-6-5-17(10-24-18)29-11-20(21,22)23/h5-8,10,13H,4,9,11H2,1-3H3,(H,26,28)/t13-/m1/s1. The first kappa shape index (κ1) is 22.3. The van der Waals surface area contributed by atoms with Crippen molar-refractivity contribution < 1.29 is 27.5 Å². The summed E-state index contributed by atoms with van der Waals surface area (Å²) in [7, 11) is 0. The van der Waals surface area contributed by atoms with E-state index < -0.39 is 18.8 Å². The molecule has 0 saturated heterocycles. The number of hydrogen-bond donors (Lipinski definition) is 1. The molecule has 1 amide bonds. The average molecular weight is 409 g/mol. The highest BCUT2D eigenvalue weighted by Crippen LogP contribution is 2.19. The second kappa shape index (κ2) is 9.49. The summed E-state index contributed by atoms with van der Waals surface area (Å²) in [5.41, 5.74) is 1.98. The number of pyridine rings is 2. The summed E-state index contributed by atoms with van der Waals surface area (Å²) >= 11 is 0. The van der Waals surface area contributed by atoms with Crippen LogP contribution in [-0.2, 0) is 11.2 Å². The van der Waals surface area contributed by atoms with E-state index in [4.69, 9.17) is 0 Å². The molecule has 2 aromatic rings. The average Bonchev–Trinajstić information content (AvgIpc) is 2.65. The van der Waals surface area contributed by atoms with Crippen LogP contribution in [0.2, 0.25) is 0 Å². The lowest BCUT2D eigenvalue weighted by Crippen LogP contribution is -2.27. The summed E-state index contributed by atoms with van der Waals surface area (Å²) < 4.78 is 41.2. The Morgan fingerprint density at radius 2 is 1.97 bits per heavy atom. The number of ether oxygens (including phenoxy) is 1. The maximum Gasteiger partial charge on any atom is 0.422 e. The van der Waals surface area contributed by atoms with Crippen LogP contribution in [0.3, 0.4) is 0 Å². The number of carbonyl (C=O) groups is 2. The molecule has 0 fully saturated rings. The van der Waals surface area contributed by atoms with Gasteiger partial charge in [0.2, 0.25) is 0 Å². The fourth-order valence-corrected chi connectivity index (χ4v) is 2.54. The van der Waals surface area contributed by atoms with Gasteiger partial charge in [0, 0.05) is 29.8 Å². The van der Waals surface area contributed by atoms with E-state index in [0.717, 1.165) is 0 Å². The van der Waals surface area contributed by atoms with Crippen molar-refractivity contribution in [2.24, 2.45) is 0 Å². The van der Waals surface area contributed by atoms with Crippen LogP contribution in [0.5, 0.6) is 5.75 Å². The number of alkyl halides is 3. The first-order valence-electron chi connectivity index (χ1n) is 9.03. The summed E-state index contributed by atoms with van der Waals surface area (Å²) in [5, 5.41) is 2.77. The predicted molar refractivity (Wildman–Crippen MR) is 99.6 cm³/mol. The molecule has 2 rings (SSSR count). The van der Waals surface area contributed by atoms with E-state index in [9.17, 15) is 22.8 Å². The molecule has 1 N–H and O–H groups in total. The fourth-order valence-electron chi connectivity index (χ4n) is 2.54. The molecule has 156 valence electrons. The molecule has 2 aromatic heterocycles. The van der Waals surface area contributed by atoms with E-state index in [2.05, 4.69) is 20.0 Å². The molecule has 0 aliphatic carbocycles. The van der Waals surface area contributed by atoms with Crippen LogP contribution in [0.15, 0.2) is 30.5 Å². The van der Waals surface area contributed by atoms with Crippen LogP contribution < -0.4 is 10.1 Å². The molecule has 2 heterocycles. The molecular weight excluding hydrogens is 387 g/mol. The van der Waals surface area contributed by atoms with Crippen LogP contribution in [0, 0.1) is 6.92 Å². The van der Waals surface area contributed by atoms with Gasteiger partial charge in [0.25, 0.3) is 5.91 Å². The Bertz CT molecular complexity index is 868. The van der Waals surface area contributed by atoms with Crippen LogP contribution in [0.25, 0.3) is 0 Å². The molecular formula is C20H22F3N3O3. The topological polar surface area (TPSA) is 81.2 Å². The number of amides is 1. The molecule has 1 atom stereocenters. The Balaban J connectivity index is 2.04. The number of aromatic nitrogens is 2. The number of halogens is 3. The van der Waals surface area contributed by atoms with Crippen molar-refractivity contribution in [3.05, 3.63) is 53.1 Å². The van der Waals surface area contributed by atoms with Gasteiger partial charge in [-0.05, 0) is 38.1 Å². The quantitative estimate of drug-likeness (QED) is 0.718. The van der Waals surface area contributed by atoms with Gasteiger partial charge in [-0.15, -0.1) is 0 Å². The lowest BCUT2D eigenvalue weighted by atomic mass is 10.1. The van der Waals surface area contributed by atoms with Crippen molar-refractivity contribution in [2.75, 3.05) is 6.61 Å². The Morgan fingerprint density at radius 1 is 1.24 bits per heavy atom. The number of hydrogen-bond acceptors (Lipinski definition) is 5. The zero-order valence-corrected chi connectivity index (χ0v) is 16.3. The molecule has 0 aromatic carbocycles. The van der Waals surface area contributed by atoms with Crippen molar-refractivity contribution in [2.45, 2.75) is 45.8 Å². The minimum Gasteiger partial charge on any atom is -0.483 e. The van der Waals surface area contributed by atoms with Gasteiger partial charge in [-0.1, -0.05) is 6.92 Å². The lowest BCUT2D eigenvalue weighted by Gasteiger charge is -2.15. The van der Waals surface area contributed by atoms with Gasteiger partial charge in [-0.2, -0.15) is 13.2 Å². The zero-order chi connectivity index (χ0) is 21.6. The molecule has 0 bridgehead atoms. The van der Waals surface area contributed by atoms with E-state index in [-0.39, 0.29) is 23.9 Å². The Labute approximate surface area is 166 Å². The van der Waals surface area contributed by atoms with Crippen molar-refractivity contribution in [3.63, 3.8) is 0 Å². The van der Waals surface area contributed by atoms with Crippen molar-refractivity contribution in [1.82, 2.24) is 15.3 Å². The largest absolute Gasteiger partial charge is 0.483 e. The minimum absolute atomic E-state index is 0.0143. The lowest BCUT2D eigenvalue weighted by molar-refractivity contribution is -0.153. The Hall–Kier alpha value is -2.97. The Morgan fingerprint density at radius 3 is 2.55 bits per heavy atom. The zero-order valence-electron chi connectivity index (χ0n) is 16.3. The number of carbonyl (C=O) groups excluding carboxylic acids is 2. The highest BCUT2D eigenvalue weighted by molar-refractivity contribution is 5.94. The minimum atomic E-state index is -4.43. The third kappa shape index (κ3) is 7.17. The highest BCUT2D eigenvalue weighted by atomic mass is 19.4. The monoisotopic (exact) mass is 409 g/mol. The van der Waals surface area contributed by atoms with Gasteiger partial charge < -0.3 is 10.1 Å². The predicted octanol–water partition coefficient (Wildman–Crippen LogP) is 3.74. The van der Waals surface area contributed by atoms with E-state index in [1.807, 2.05) is 0 Å². The van der Waals surface area contributed by atoms with Crippen molar-refractivity contribution in [1.29, 1.82) is 0 Å². The molecule has 0 unspecified atom stereocenters. The van der Waals surface area contributed by atoms with Gasteiger partial charge in [-0.3, -0.25) is 19.6 Å². The molecule has 0 aliphatic heterocycles. The number of rotatable bonds is 8. The van der Waals surface area contributed by atoms with E-state index >= 15 is 0 Å². The maximum absolute atomic E-state index is 12.6.